The van der Waals surface area contributed by atoms with E-state index in [0.717, 1.165) is 22.4 Å². The summed E-state index contributed by atoms with van der Waals surface area (Å²) in [6.07, 6.45) is 1.85. The molecule has 3 aromatic rings. The number of aliphatic hydroxyl groups is 1. The molecule has 1 aliphatic rings. The van der Waals surface area contributed by atoms with Crippen LogP contribution in [0.15, 0.2) is 48.5 Å². The number of benzene rings is 2. The molecule has 1 atom stereocenters. The van der Waals surface area contributed by atoms with E-state index in [-0.39, 0.29) is 0 Å². The number of rotatable bonds is 7. The predicted octanol–water partition coefficient (Wildman–Crippen LogP) is 3.80. The minimum Gasteiger partial charge on any atom is -0.389 e. The van der Waals surface area contributed by atoms with E-state index < -0.39 is 6.10 Å². The summed E-state index contributed by atoms with van der Waals surface area (Å²) in [5, 5.41) is 10.5. The van der Waals surface area contributed by atoms with Crippen LogP contribution in [-0.2, 0) is 17.9 Å². The Morgan fingerprint density at radius 2 is 1.92 bits per heavy atom. The maximum atomic E-state index is 10.5. The number of ether oxygens (including phenoxy) is 1. The zero-order valence-corrected chi connectivity index (χ0v) is 14.6. The van der Waals surface area contributed by atoms with Gasteiger partial charge in [-0.2, -0.15) is 0 Å². The number of imidazole rings is 1. The molecule has 25 heavy (non-hydrogen) atoms. The summed E-state index contributed by atoms with van der Waals surface area (Å²) in [6.45, 7) is 3.45. The zero-order valence-electron chi connectivity index (χ0n) is 14.6. The number of hydrogen-bond donors (Lipinski definition) is 1. The summed E-state index contributed by atoms with van der Waals surface area (Å²) in [4.78, 5) is 4.77. The summed E-state index contributed by atoms with van der Waals surface area (Å²) in [5.74, 6) is 1.66. The third-order valence-corrected chi connectivity index (χ3v) is 4.72. The highest BCUT2D eigenvalue weighted by molar-refractivity contribution is 5.76. The van der Waals surface area contributed by atoms with Crippen LogP contribution < -0.4 is 0 Å². The van der Waals surface area contributed by atoms with Gasteiger partial charge in [0.05, 0.1) is 36.9 Å². The number of aromatic nitrogens is 2. The van der Waals surface area contributed by atoms with Gasteiger partial charge in [0.2, 0.25) is 0 Å². The van der Waals surface area contributed by atoms with Crippen molar-refractivity contribution in [2.75, 3.05) is 6.61 Å². The van der Waals surface area contributed by atoms with E-state index in [9.17, 15) is 5.11 Å². The standard InChI is InChI=1S/C21H24N2O2/c1-15-6-8-16(9-7-15)13-25-14-18(24)12-23-20-5-3-2-4-19(20)22-21(23)17-10-11-17/h2-9,17-18,24H,10-14H2,1H3. The van der Waals surface area contributed by atoms with Crippen molar-refractivity contribution in [1.29, 1.82) is 0 Å². The summed E-state index contributed by atoms with van der Waals surface area (Å²) in [6, 6.07) is 16.4. The number of fused-ring (bicyclic) bond motifs is 1. The second kappa shape index (κ2) is 6.98. The largest absolute Gasteiger partial charge is 0.389 e. The van der Waals surface area contributed by atoms with Gasteiger partial charge in [-0.05, 0) is 37.5 Å². The molecule has 1 aromatic heterocycles. The number of hydrogen-bond acceptors (Lipinski definition) is 3. The Hall–Kier alpha value is -2.17. The molecule has 1 fully saturated rings. The number of aryl methyl sites for hydroxylation is 1. The molecule has 130 valence electrons. The fourth-order valence-electron chi connectivity index (χ4n) is 3.20. The monoisotopic (exact) mass is 336 g/mol. The first-order valence-corrected chi connectivity index (χ1v) is 8.97. The minimum atomic E-state index is -0.541. The molecule has 2 aromatic carbocycles. The van der Waals surface area contributed by atoms with Crippen LogP contribution >= 0.6 is 0 Å². The minimum absolute atomic E-state index is 0.324. The number of para-hydroxylation sites is 2. The molecule has 0 amide bonds. The molecule has 1 N–H and O–H groups in total. The first kappa shape index (κ1) is 16.3. The normalized spacial score (nSPS) is 15.6. The Balaban J connectivity index is 1.40. The highest BCUT2D eigenvalue weighted by Gasteiger charge is 2.30. The molecule has 4 heteroatoms. The highest BCUT2D eigenvalue weighted by atomic mass is 16.5. The maximum absolute atomic E-state index is 10.5. The molecule has 0 aliphatic heterocycles. The van der Waals surface area contributed by atoms with Crippen LogP contribution in [0, 0.1) is 6.92 Å². The molecular formula is C21H24N2O2. The van der Waals surface area contributed by atoms with Gasteiger partial charge < -0.3 is 14.4 Å². The second-order valence-electron chi connectivity index (χ2n) is 7.00. The smallest absolute Gasteiger partial charge is 0.113 e. The van der Waals surface area contributed by atoms with Crippen LogP contribution in [0.5, 0.6) is 0 Å². The lowest BCUT2D eigenvalue weighted by molar-refractivity contribution is 0.0205. The van der Waals surface area contributed by atoms with Crippen LogP contribution in [0.2, 0.25) is 0 Å². The lowest BCUT2D eigenvalue weighted by Crippen LogP contribution is -2.23. The summed E-state index contributed by atoms with van der Waals surface area (Å²) in [7, 11) is 0. The van der Waals surface area contributed by atoms with Gasteiger partial charge >= 0.3 is 0 Å². The van der Waals surface area contributed by atoms with Crippen molar-refractivity contribution in [1.82, 2.24) is 9.55 Å². The first-order valence-electron chi connectivity index (χ1n) is 8.97. The zero-order chi connectivity index (χ0) is 17.2. The molecule has 1 aliphatic carbocycles. The van der Waals surface area contributed by atoms with Gasteiger partial charge in [-0.25, -0.2) is 4.98 Å². The van der Waals surface area contributed by atoms with E-state index in [1.165, 1.54) is 18.4 Å². The van der Waals surface area contributed by atoms with Gasteiger partial charge in [-0.1, -0.05) is 42.0 Å². The van der Waals surface area contributed by atoms with Crippen molar-refractivity contribution in [3.8, 4) is 0 Å². The third kappa shape index (κ3) is 3.75. The van der Waals surface area contributed by atoms with Gasteiger partial charge in [0.15, 0.2) is 0 Å². The van der Waals surface area contributed by atoms with Crippen LogP contribution in [0.4, 0.5) is 0 Å². The van der Waals surface area contributed by atoms with Crippen LogP contribution in [0.3, 0.4) is 0 Å². The molecule has 0 spiro atoms. The van der Waals surface area contributed by atoms with Crippen molar-refractivity contribution in [3.05, 3.63) is 65.5 Å². The highest BCUT2D eigenvalue weighted by Crippen LogP contribution is 2.40. The van der Waals surface area contributed by atoms with Gasteiger partial charge in [0, 0.05) is 5.92 Å². The predicted molar refractivity (Wildman–Crippen MR) is 98.5 cm³/mol. The van der Waals surface area contributed by atoms with Gasteiger partial charge in [-0.3, -0.25) is 0 Å². The van der Waals surface area contributed by atoms with E-state index in [0.29, 0.717) is 25.7 Å². The van der Waals surface area contributed by atoms with Gasteiger partial charge in [0.25, 0.3) is 0 Å². The average molecular weight is 336 g/mol. The van der Waals surface area contributed by atoms with Crippen molar-refractivity contribution in [3.63, 3.8) is 0 Å². The number of aliphatic hydroxyl groups excluding tert-OH is 1. The topological polar surface area (TPSA) is 47.3 Å². The molecular weight excluding hydrogens is 312 g/mol. The lowest BCUT2D eigenvalue weighted by atomic mass is 10.2. The molecule has 0 bridgehead atoms. The lowest BCUT2D eigenvalue weighted by Gasteiger charge is -2.15. The third-order valence-electron chi connectivity index (χ3n) is 4.72. The van der Waals surface area contributed by atoms with Crippen molar-refractivity contribution < 1.29 is 9.84 Å². The second-order valence-corrected chi connectivity index (χ2v) is 7.00. The molecule has 4 rings (SSSR count). The maximum Gasteiger partial charge on any atom is 0.113 e. The van der Waals surface area contributed by atoms with E-state index >= 15 is 0 Å². The Labute approximate surface area is 148 Å². The summed E-state index contributed by atoms with van der Waals surface area (Å²) >= 11 is 0. The van der Waals surface area contributed by atoms with E-state index in [1.807, 2.05) is 18.2 Å². The fourth-order valence-corrected chi connectivity index (χ4v) is 3.20. The molecule has 4 nitrogen and oxygen atoms in total. The van der Waals surface area contributed by atoms with Crippen LogP contribution in [0.25, 0.3) is 11.0 Å². The van der Waals surface area contributed by atoms with Gasteiger partial charge in [-0.15, -0.1) is 0 Å². The first-order chi connectivity index (χ1) is 12.2. The van der Waals surface area contributed by atoms with E-state index in [1.54, 1.807) is 0 Å². The Bertz CT molecular complexity index is 850. The van der Waals surface area contributed by atoms with Crippen molar-refractivity contribution in [2.24, 2.45) is 0 Å². The molecule has 0 saturated heterocycles. The van der Waals surface area contributed by atoms with Crippen LogP contribution in [-0.4, -0.2) is 27.4 Å². The Morgan fingerprint density at radius 3 is 2.68 bits per heavy atom. The van der Waals surface area contributed by atoms with Crippen molar-refractivity contribution in [2.45, 2.75) is 44.9 Å². The molecule has 1 heterocycles. The Kier molecular flexibility index (Phi) is 4.55. The van der Waals surface area contributed by atoms with Crippen LogP contribution in [0.1, 0.15) is 35.7 Å². The Morgan fingerprint density at radius 1 is 1.16 bits per heavy atom. The molecule has 1 unspecified atom stereocenters. The summed E-state index contributed by atoms with van der Waals surface area (Å²) < 4.78 is 7.89. The SMILES string of the molecule is Cc1ccc(COCC(O)Cn2c(C3CC3)nc3ccccc32)cc1. The average Bonchev–Trinajstić information content (AvgIpc) is 3.40. The molecule has 1 saturated carbocycles. The summed E-state index contributed by atoms with van der Waals surface area (Å²) in [5.41, 5.74) is 4.48. The van der Waals surface area contributed by atoms with E-state index in [2.05, 4.69) is 41.8 Å². The quantitative estimate of drug-likeness (QED) is 0.714. The number of nitrogens with zero attached hydrogens (tertiary/aromatic N) is 2. The van der Waals surface area contributed by atoms with Crippen molar-refractivity contribution >= 4 is 11.0 Å². The molecule has 0 radical (unpaired) electrons. The fraction of sp³-hybridized carbons (Fsp3) is 0.381. The van der Waals surface area contributed by atoms with E-state index in [4.69, 9.17) is 9.72 Å². The van der Waals surface area contributed by atoms with Gasteiger partial charge in [0.1, 0.15) is 5.82 Å².